The molecule has 1 amide bonds. The van der Waals surface area contributed by atoms with Crippen molar-refractivity contribution < 1.29 is 4.79 Å². The van der Waals surface area contributed by atoms with Crippen LogP contribution in [0.4, 0.5) is 0 Å². The minimum absolute atomic E-state index is 0.0764. The van der Waals surface area contributed by atoms with Gasteiger partial charge in [-0.15, -0.1) is 11.6 Å². The van der Waals surface area contributed by atoms with E-state index in [1.807, 2.05) is 4.90 Å². The van der Waals surface area contributed by atoms with E-state index in [1.54, 1.807) is 0 Å². The summed E-state index contributed by atoms with van der Waals surface area (Å²) in [5.74, 6) is 0.746. The summed E-state index contributed by atoms with van der Waals surface area (Å²) in [6.07, 6.45) is 2.30. The van der Waals surface area contributed by atoms with Gasteiger partial charge in [-0.1, -0.05) is 37.3 Å². The highest BCUT2D eigenvalue weighted by molar-refractivity contribution is 6.27. The molecule has 1 saturated heterocycles. The molecule has 0 spiro atoms. The van der Waals surface area contributed by atoms with Crippen LogP contribution in [0.2, 0.25) is 0 Å². The molecule has 1 aliphatic heterocycles. The maximum Gasteiger partial charge on any atom is 0.237 e. The zero-order chi connectivity index (χ0) is 15.1. The van der Waals surface area contributed by atoms with E-state index in [0.29, 0.717) is 5.92 Å². The van der Waals surface area contributed by atoms with Crippen LogP contribution in [0, 0.1) is 5.92 Å². The fraction of sp³-hybridized carbons (Fsp3) is 0.588. The quantitative estimate of drug-likeness (QED) is 0.754. The number of carbonyl (C=O) groups excluding carboxylic acids is 1. The van der Waals surface area contributed by atoms with Gasteiger partial charge in [0.2, 0.25) is 5.91 Å². The van der Waals surface area contributed by atoms with E-state index in [9.17, 15) is 4.79 Å². The van der Waals surface area contributed by atoms with E-state index in [2.05, 4.69) is 42.2 Å². The predicted octanol–water partition coefficient (Wildman–Crippen LogP) is 2.99. The number of nitrogens with zero attached hydrogens (tertiary/aromatic N) is 2. The third kappa shape index (κ3) is 5.01. The molecule has 21 heavy (non-hydrogen) atoms. The Kier molecular flexibility index (Phi) is 6.52. The van der Waals surface area contributed by atoms with Crippen molar-refractivity contribution in [3.63, 3.8) is 0 Å². The van der Waals surface area contributed by atoms with Gasteiger partial charge in [0.25, 0.3) is 0 Å². The first-order valence-corrected chi connectivity index (χ1v) is 8.36. The largest absolute Gasteiger partial charge is 0.341 e. The van der Waals surface area contributed by atoms with Crippen molar-refractivity contribution in [1.82, 2.24) is 9.80 Å². The molecule has 0 radical (unpaired) electrons. The molecule has 0 unspecified atom stereocenters. The number of benzene rings is 1. The molecule has 0 aromatic heterocycles. The van der Waals surface area contributed by atoms with Crippen LogP contribution in [0.3, 0.4) is 0 Å². The Morgan fingerprint density at radius 2 is 2.14 bits per heavy atom. The first-order valence-electron chi connectivity index (χ1n) is 7.83. The maximum atomic E-state index is 11.7. The highest BCUT2D eigenvalue weighted by atomic mass is 35.5. The first-order chi connectivity index (χ1) is 10.2. The van der Waals surface area contributed by atoms with E-state index < -0.39 is 0 Å². The molecule has 1 aromatic carbocycles. The number of rotatable bonds is 6. The summed E-state index contributed by atoms with van der Waals surface area (Å²) in [6.45, 7) is 7.00. The van der Waals surface area contributed by atoms with Crippen molar-refractivity contribution >= 4 is 17.5 Å². The Morgan fingerprint density at radius 3 is 2.81 bits per heavy atom. The summed E-state index contributed by atoms with van der Waals surface area (Å²) in [7, 11) is 0. The van der Waals surface area contributed by atoms with Gasteiger partial charge in [-0.25, -0.2) is 0 Å². The minimum Gasteiger partial charge on any atom is -0.341 e. The van der Waals surface area contributed by atoms with Gasteiger partial charge in [0.05, 0.1) is 0 Å². The van der Waals surface area contributed by atoms with Gasteiger partial charge < -0.3 is 4.90 Å². The van der Waals surface area contributed by atoms with Gasteiger partial charge in [0, 0.05) is 26.2 Å². The maximum absolute atomic E-state index is 11.7. The van der Waals surface area contributed by atoms with Crippen LogP contribution < -0.4 is 0 Å². The summed E-state index contributed by atoms with van der Waals surface area (Å²) >= 11 is 5.67. The van der Waals surface area contributed by atoms with Gasteiger partial charge in [-0.2, -0.15) is 0 Å². The molecule has 1 atom stereocenters. The molecule has 0 aliphatic carbocycles. The number of carbonyl (C=O) groups is 1. The third-order valence-corrected chi connectivity index (χ3v) is 4.43. The first kappa shape index (κ1) is 16.3. The van der Waals surface area contributed by atoms with E-state index in [0.717, 1.165) is 39.1 Å². The normalized spacial score (nSPS) is 19.0. The Morgan fingerprint density at radius 1 is 1.38 bits per heavy atom. The molecule has 0 saturated carbocycles. The molecule has 116 valence electrons. The smallest absolute Gasteiger partial charge is 0.237 e. The Balaban J connectivity index is 1.87. The molecule has 4 heteroatoms. The molecule has 1 aromatic rings. The molecular formula is C17H25ClN2O. The van der Waals surface area contributed by atoms with Crippen LogP contribution in [0.1, 0.15) is 25.3 Å². The Hall–Kier alpha value is -1.06. The lowest BCUT2D eigenvalue weighted by molar-refractivity contribution is -0.130. The van der Waals surface area contributed by atoms with Gasteiger partial charge in [0.1, 0.15) is 5.88 Å². The van der Waals surface area contributed by atoms with Gasteiger partial charge >= 0.3 is 0 Å². The predicted molar refractivity (Wildman–Crippen MR) is 87.4 cm³/mol. The van der Waals surface area contributed by atoms with Crippen molar-refractivity contribution in [3.05, 3.63) is 35.9 Å². The summed E-state index contributed by atoms with van der Waals surface area (Å²) in [5, 5.41) is 0. The van der Waals surface area contributed by atoms with Crippen molar-refractivity contribution in [3.8, 4) is 0 Å². The molecular weight excluding hydrogens is 284 g/mol. The number of hydrogen-bond acceptors (Lipinski definition) is 2. The van der Waals surface area contributed by atoms with E-state index in [4.69, 9.17) is 11.6 Å². The fourth-order valence-corrected chi connectivity index (χ4v) is 3.21. The standard InChI is InChI=1S/C17H25ClN2O/c1-2-19(12-15-7-4-3-5-8-15)13-16-9-6-10-20(14-16)17(21)11-18/h3-5,7-8,16H,2,6,9-14H2,1H3/t16-/m0/s1. The number of piperidine rings is 1. The average molecular weight is 309 g/mol. The van der Waals surface area contributed by atoms with Crippen LogP contribution in [0.15, 0.2) is 30.3 Å². The lowest BCUT2D eigenvalue weighted by Crippen LogP contribution is -2.44. The molecule has 1 aliphatic rings. The molecule has 0 N–H and O–H groups in total. The summed E-state index contributed by atoms with van der Waals surface area (Å²) < 4.78 is 0. The summed E-state index contributed by atoms with van der Waals surface area (Å²) in [4.78, 5) is 16.1. The highest BCUT2D eigenvalue weighted by Gasteiger charge is 2.24. The second-order valence-electron chi connectivity index (χ2n) is 5.79. The SMILES string of the molecule is CCN(Cc1ccccc1)C[C@@H]1CCCN(C(=O)CCl)C1. The van der Waals surface area contributed by atoms with Gasteiger partial charge in [-0.3, -0.25) is 9.69 Å². The van der Waals surface area contributed by atoms with Crippen molar-refractivity contribution in [2.75, 3.05) is 32.1 Å². The molecule has 1 fully saturated rings. The second kappa shape index (κ2) is 8.40. The topological polar surface area (TPSA) is 23.6 Å². The van der Waals surface area contributed by atoms with Gasteiger partial charge in [0.15, 0.2) is 0 Å². The minimum atomic E-state index is 0.0764. The van der Waals surface area contributed by atoms with E-state index in [-0.39, 0.29) is 11.8 Å². The number of amides is 1. The monoisotopic (exact) mass is 308 g/mol. The van der Waals surface area contributed by atoms with E-state index >= 15 is 0 Å². The van der Waals surface area contributed by atoms with Crippen LogP contribution in [0.25, 0.3) is 0 Å². The molecule has 2 rings (SSSR count). The molecule has 1 heterocycles. The summed E-state index contributed by atoms with van der Waals surface area (Å²) in [5.41, 5.74) is 1.35. The summed E-state index contributed by atoms with van der Waals surface area (Å²) in [6, 6.07) is 10.6. The average Bonchev–Trinajstić information content (AvgIpc) is 2.54. The third-order valence-electron chi connectivity index (χ3n) is 4.20. The Bertz CT molecular complexity index is 438. The lowest BCUT2D eigenvalue weighted by atomic mass is 9.97. The number of likely N-dealkylation sites (tertiary alicyclic amines) is 1. The number of alkyl halides is 1. The van der Waals surface area contributed by atoms with Crippen molar-refractivity contribution in [2.45, 2.75) is 26.3 Å². The zero-order valence-corrected chi connectivity index (χ0v) is 13.6. The van der Waals surface area contributed by atoms with Crippen LogP contribution in [0.5, 0.6) is 0 Å². The van der Waals surface area contributed by atoms with E-state index in [1.165, 1.54) is 12.0 Å². The van der Waals surface area contributed by atoms with Crippen LogP contribution >= 0.6 is 11.6 Å². The number of halogens is 1. The molecule has 3 nitrogen and oxygen atoms in total. The van der Waals surface area contributed by atoms with Crippen molar-refractivity contribution in [2.24, 2.45) is 5.92 Å². The van der Waals surface area contributed by atoms with Crippen LogP contribution in [-0.4, -0.2) is 47.8 Å². The second-order valence-corrected chi connectivity index (χ2v) is 6.06. The van der Waals surface area contributed by atoms with Crippen LogP contribution in [-0.2, 0) is 11.3 Å². The lowest BCUT2D eigenvalue weighted by Gasteiger charge is -2.35. The zero-order valence-electron chi connectivity index (χ0n) is 12.8. The fourth-order valence-electron chi connectivity index (χ4n) is 3.04. The molecule has 0 bridgehead atoms. The number of hydrogen-bond donors (Lipinski definition) is 0. The van der Waals surface area contributed by atoms with Gasteiger partial charge in [-0.05, 0) is 30.9 Å². The van der Waals surface area contributed by atoms with Crippen molar-refractivity contribution in [1.29, 1.82) is 0 Å². The Labute approximate surface area is 132 Å². The highest BCUT2D eigenvalue weighted by Crippen LogP contribution is 2.19.